The van der Waals surface area contributed by atoms with E-state index in [1.54, 1.807) is 6.20 Å². The van der Waals surface area contributed by atoms with Crippen molar-refractivity contribution in [1.82, 2.24) is 9.19 Å². The molecule has 1 heterocycles. The van der Waals surface area contributed by atoms with Crippen molar-refractivity contribution in [3.05, 3.63) is 65.9 Å². The maximum Gasteiger partial charge on any atom is 0.254 e. The van der Waals surface area contributed by atoms with Crippen molar-refractivity contribution in [3.63, 3.8) is 0 Å². The SMILES string of the molecule is CC(CCS(=O)(=O)n1ncc2cc(C(C)(C)C)ccc21)O[C@@H](C)c1ccccc1. The Hall–Kier alpha value is -2.18. The van der Waals surface area contributed by atoms with E-state index in [1.807, 2.05) is 62.4 Å². The van der Waals surface area contributed by atoms with E-state index in [2.05, 4.69) is 25.9 Å². The molecule has 6 heteroatoms. The Kier molecular flexibility index (Phi) is 6.15. The van der Waals surface area contributed by atoms with Gasteiger partial charge in [0.05, 0.1) is 29.7 Å². The standard InChI is InChI=1S/C23H30N2O3S/c1-17(28-18(2)19-9-7-6-8-10-19)13-14-29(26,27)25-22-12-11-21(23(3,4)5)15-20(22)16-24-25/h6-12,15-18H,13-14H2,1-5H3/t17?,18-/m0/s1. The molecule has 0 N–H and O–H groups in total. The number of nitrogens with zero attached hydrogens (tertiary/aromatic N) is 2. The number of benzene rings is 2. The van der Waals surface area contributed by atoms with Crippen LogP contribution in [0.5, 0.6) is 0 Å². The first-order chi connectivity index (χ1) is 13.6. The topological polar surface area (TPSA) is 61.2 Å². The van der Waals surface area contributed by atoms with E-state index in [4.69, 9.17) is 4.74 Å². The molecule has 0 aliphatic heterocycles. The molecule has 29 heavy (non-hydrogen) atoms. The summed E-state index contributed by atoms with van der Waals surface area (Å²) in [6.07, 6.45) is 1.75. The Morgan fingerprint density at radius 2 is 1.76 bits per heavy atom. The highest BCUT2D eigenvalue weighted by Crippen LogP contribution is 2.27. The molecule has 156 valence electrons. The molecule has 0 amide bonds. The highest BCUT2D eigenvalue weighted by molar-refractivity contribution is 7.89. The van der Waals surface area contributed by atoms with Crippen LogP contribution < -0.4 is 0 Å². The Morgan fingerprint density at radius 1 is 1.07 bits per heavy atom. The van der Waals surface area contributed by atoms with Gasteiger partial charge >= 0.3 is 0 Å². The number of fused-ring (bicyclic) bond motifs is 1. The smallest absolute Gasteiger partial charge is 0.254 e. The summed E-state index contributed by atoms with van der Waals surface area (Å²) in [4.78, 5) is 0. The number of hydrogen-bond donors (Lipinski definition) is 0. The fourth-order valence-electron chi connectivity index (χ4n) is 3.32. The summed E-state index contributed by atoms with van der Waals surface area (Å²) in [7, 11) is -3.56. The molecule has 0 aliphatic carbocycles. The molecule has 1 aromatic heterocycles. The van der Waals surface area contributed by atoms with Crippen molar-refractivity contribution in [2.75, 3.05) is 5.75 Å². The van der Waals surface area contributed by atoms with Gasteiger partial charge in [-0.05, 0) is 48.9 Å². The second-order valence-electron chi connectivity index (χ2n) is 8.62. The lowest BCUT2D eigenvalue weighted by Crippen LogP contribution is -2.22. The van der Waals surface area contributed by atoms with Crippen LogP contribution in [0.3, 0.4) is 0 Å². The fourth-order valence-corrected chi connectivity index (χ4v) is 4.78. The zero-order valence-corrected chi connectivity index (χ0v) is 18.6. The molecule has 0 radical (unpaired) electrons. The van der Waals surface area contributed by atoms with Gasteiger partial charge in [0, 0.05) is 5.39 Å². The summed E-state index contributed by atoms with van der Waals surface area (Å²) in [5, 5.41) is 5.00. The van der Waals surface area contributed by atoms with E-state index in [1.165, 1.54) is 0 Å². The second-order valence-corrected chi connectivity index (χ2v) is 10.5. The molecule has 0 spiro atoms. The minimum atomic E-state index is -3.56. The summed E-state index contributed by atoms with van der Waals surface area (Å²) in [5.41, 5.74) is 2.84. The second kappa shape index (κ2) is 8.28. The van der Waals surface area contributed by atoms with Crippen LogP contribution in [0.15, 0.2) is 54.7 Å². The third kappa shape index (κ3) is 5.06. The highest BCUT2D eigenvalue weighted by atomic mass is 32.2. The lowest BCUT2D eigenvalue weighted by molar-refractivity contribution is 0.00585. The Morgan fingerprint density at radius 3 is 2.41 bits per heavy atom. The quantitative estimate of drug-likeness (QED) is 0.542. The molecule has 5 nitrogen and oxygen atoms in total. The molecule has 0 saturated heterocycles. The van der Waals surface area contributed by atoms with E-state index < -0.39 is 10.0 Å². The molecule has 0 bridgehead atoms. The first-order valence-electron chi connectivity index (χ1n) is 10.00. The van der Waals surface area contributed by atoms with Gasteiger partial charge in [-0.3, -0.25) is 0 Å². The molecular weight excluding hydrogens is 384 g/mol. The van der Waals surface area contributed by atoms with E-state index in [0.29, 0.717) is 11.9 Å². The van der Waals surface area contributed by atoms with Crippen molar-refractivity contribution in [3.8, 4) is 0 Å². The first kappa shape index (κ1) is 21.5. The predicted octanol–water partition coefficient (Wildman–Crippen LogP) is 5.07. The molecular formula is C23H30N2O3S. The maximum absolute atomic E-state index is 12.9. The maximum atomic E-state index is 12.9. The average Bonchev–Trinajstić information content (AvgIpc) is 3.11. The van der Waals surface area contributed by atoms with Gasteiger partial charge in [-0.1, -0.05) is 57.2 Å². The summed E-state index contributed by atoms with van der Waals surface area (Å²) < 4.78 is 32.9. The Labute approximate surface area is 173 Å². The molecule has 0 aliphatic rings. The first-order valence-corrected chi connectivity index (χ1v) is 11.6. The molecule has 0 fully saturated rings. The lowest BCUT2D eigenvalue weighted by Gasteiger charge is -2.20. The molecule has 3 aromatic rings. The summed E-state index contributed by atoms with van der Waals surface area (Å²) >= 11 is 0. The predicted molar refractivity (Wildman–Crippen MR) is 118 cm³/mol. The molecule has 0 saturated carbocycles. The third-order valence-electron chi connectivity index (χ3n) is 5.15. The van der Waals surface area contributed by atoms with Crippen molar-refractivity contribution >= 4 is 20.9 Å². The van der Waals surface area contributed by atoms with E-state index in [-0.39, 0.29) is 23.4 Å². The number of ether oxygens (including phenoxy) is 1. The largest absolute Gasteiger partial charge is 0.371 e. The molecule has 2 atom stereocenters. The number of rotatable bonds is 7. The van der Waals surface area contributed by atoms with Gasteiger partial charge in [0.15, 0.2) is 0 Å². The summed E-state index contributed by atoms with van der Waals surface area (Å²) in [6, 6.07) is 15.8. The van der Waals surface area contributed by atoms with Gasteiger partial charge in [0.2, 0.25) is 0 Å². The monoisotopic (exact) mass is 414 g/mol. The summed E-state index contributed by atoms with van der Waals surface area (Å²) in [5.74, 6) is -0.0204. The average molecular weight is 415 g/mol. The lowest BCUT2D eigenvalue weighted by atomic mass is 9.86. The fraction of sp³-hybridized carbons (Fsp3) is 0.435. The van der Waals surface area contributed by atoms with Gasteiger partial charge in [0.1, 0.15) is 0 Å². The Balaban J connectivity index is 1.69. The van der Waals surface area contributed by atoms with Gasteiger partial charge < -0.3 is 4.74 Å². The van der Waals surface area contributed by atoms with Crippen molar-refractivity contribution < 1.29 is 13.2 Å². The van der Waals surface area contributed by atoms with Crippen LogP contribution >= 0.6 is 0 Å². The van der Waals surface area contributed by atoms with E-state index in [9.17, 15) is 8.42 Å². The van der Waals surface area contributed by atoms with Crippen LogP contribution in [0.1, 0.15) is 58.3 Å². The minimum absolute atomic E-state index is 0.00260. The van der Waals surface area contributed by atoms with Crippen LogP contribution in [-0.2, 0) is 20.2 Å². The van der Waals surface area contributed by atoms with Gasteiger partial charge in [0.25, 0.3) is 10.0 Å². The van der Waals surface area contributed by atoms with Crippen LogP contribution in [-0.4, -0.2) is 29.5 Å². The van der Waals surface area contributed by atoms with Crippen molar-refractivity contribution in [2.24, 2.45) is 0 Å². The normalized spacial score (nSPS) is 14.8. The molecule has 2 aromatic carbocycles. The van der Waals surface area contributed by atoms with Crippen molar-refractivity contribution in [1.29, 1.82) is 0 Å². The Bertz CT molecular complexity index is 1070. The molecule has 1 unspecified atom stereocenters. The number of hydrogen-bond acceptors (Lipinski definition) is 4. The zero-order valence-electron chi connectivity index (χ0n) is 17.8. The summed E-state index contributed by atoms with van der Waals surface area (Å²) in [6.45, 7) is 10.3. The van der Waals surface area contributed by atoms with E-state index >= 15 is 0 Å². The van der Waals surface area contributed by atoms with Crippen LogP contribution in [0, 0.1) is 0 Å². The van der Waals surface area contributed by atoms with Crippen LogP contribution in [0.4, 0.5) is 0 Å². The third-order valence-corrected chi connectivity index (χ3v) is 6.72. The van der Waals surface area contributed by atoms with Gasteiger partial charge in [-0.2, -0.15) is 9.19 Å². The van der Waals surface area contributed by atoms with Gasteiger partial charge in [-0.25, -0.2) is 8.42 Å². The van der Waals surface area contributed by atoms with Crippen molar-refractivity contribution in [2.45, 2.75) is 58.7 Å². The van der Waals surface area contributed by atoms with Gasteiger partial charge in [-0.15, -0.1) is 0 Å². The molecule has 3 rings (SSSR count). The minimum Gasteiger partial charge on any atom is -0.371 e. The number of aromatic nitrogens is 2. The van der Waals surface area contributed by atoms with E-state index in [0.717, 1.165) is 20.6 Å². The van der Waals surface area contributed by atoms with Crippen LogP contribution in [0.2, 0.25) is 0 Å². The highest BCUT2D eigenvalue weighted by Gasteiger charge is 2.21. The zero-order chi connectivity index (χ0) is 21.2. The van der Waals surface area contributed by atoms with Crippen LogP contribution in [0.25, 0.3) is 10.9 Å².